The highest BCUT2D eigenvalue weighted by Crippen LogP contribution is 2.26. The van der Waals surface area contributed by atoms with Gasteiger partial charge in [0.15, 0.2) is 0 Å². The summed E-state index contributed by atoms with van der Waals surface area (Å²) < 4.78 is 0. The van der Waals surface area contributed by atoms with Crippen LogP contribution in [0.15, 0.2) is 0 Å². The quantitative estimate of drug-likeness (QED) is 0.640. The fourth-order valence-corrected chi connectivity index (χ4v) is 2.26. The van der Waals surface area contributed by atoms with E-state index in [1.165, 1.54) is 51.6 Å². The summed E-state index contributed by atoms with van der Waals surface area (Å²) in [7, 11) is 0. The zero-order valence-electron chi connectivity index (χ0n) is 7.84. The molecule has 0 aromatic rings. The highest BCUT2D eigenvalue weighted by Gasteiger charge is 2.26. The lowest BCUT2D eigenvalue weighted by Crippen LogP contribution is -2.40. The van der Waals surface area contributed by atoms with Gasteiger partial charge >= 0.3 is 0 Å². The lowest BCUT2D eigenvalue weighted by molar-refractivity contribution is 0.132. The SMILES string of the molecule is NC1CCCN(C2CCC2)CC1. The van der Waals surface area contributed by atoms with E-state index in [0.29, 0.717) is 6.04 Å². The van der Waals surface area contributed by atoms with Gasteiger partial charge < -0.3 is 10.6 Å². The summed E-state index contributed by atoms with van der Waals surface area (Å²) >= 11 is 0. The van der Waals surface area contributed by atoms with Crippen molar-refractivity contribution < 1.29 is 0 Å². The van der Waals surface area contributed by atoms with Crippen LogP contribution in [-0.2, 0) is 0 Å². The minimum Gasteiger partial charge on any atom is -0.328 e. The molecular formula is C10H20N2. The van der Waals surface area contributed by atoms with Gasteiger partial charge in [0.1, 0.15) is 0 Å². The normalized spacial score (nSPS) is 34.2. The molecule has 0 amide bonds. The Morgan fingerprint density at radius 2 is 1.75 bits per heavy atom. The molecule has 70 valence electrons. The van der Waals surface area contributed by atoms with Crippen molar-refractivity contribution in [3.05, 3.63) is 0 Å². The number of hydrogen-bond donors (Lipinski definition) is 1. The summed E-state index contributed by atoms with van der Waals surface area (Å²) in [6, 6.07) is 1.41. The summed E-state index contributed by atoms with van der Waals surface area (Å²) in [5.74, 6) is 0. The van der Waals surface area contributed by atoms with E-state index in [1.54, 1.807) is 0 Å². The van der Waals surface area contributed by atoms with Crippen LogP contribution in [0.25, 0.3) is 0 Å². The molecule has 0 aromatic heterocycles. The van der Waals surface area contributed by atoms with Crippen LogP contribution < -0.4 is 5.73 Å². The largest absolute Gasteiger partial charge is 0.328 e. The van der Waals surface area contributed by atoms with E-state index in [2.05, 4.69) is 4.90 Å². The number of likely N-dealkylation sites (tertiary alicyclic amines) is 1. The van der Waals surface area contributed by atoms with Crippen molar-refractivity contribution in [2.45, 2.75) is 50.6 Å². The van der Waals surface area contributed by atoms with Crippen LogP contribution in [0.3, 0.4) is 0 Å². The molecule has 1 saturated heterocycles. The molecule has 1 unspecified atom stereocenters. The van der Waals surface area contributed by atoms with E-state index >= 15 is 0 Å². The molecule has 2 rings (SSSR count). The van der Waals surface area contributed by atoms with Gasteiger partial charge in [-0.3, -0.25) is 0 Å². The Hall–Kier alpha value is -0.0800. The zero-order valence-corrected chi connectivity index (χ0v) is 7.84. The molecule has 12 heavy (non-hydrogen) atoms. The monoisotopic (exact) mass is 168 g/mol. The first-order valence-electron chi connectivity index (χ1n) is 5.36. The van der Waals surface area contributed by atoms with Gasteiger partial charge in [-0.05, 0) is 45.2 Å². The van der Waals surface area contributed by atoms with Crippen molar-refractivity contribution in [3.63, 3.8) is 0 Å². The Bertz CT molecular complexity index is 143. The van der Waals surface area contributed by atoms with Gasteiger partial charge in [-0.1, -0.05) is 6.42 Å². The third kappa shape index (κ3) is 1.80. The van der Waals surface area contributed by atoms with Crippen LogP contribution in [0, 0.1) is 0 Å². The number of nitrogens with zero attached hydrogens (tertiary/aromatic N) is 1. The third-order valence-corrected chi connectivity index (χ3v) is 3.40. The molecule has 1 heterocycles. The molecule has 0 aromatic carbocycles. The first kappa shape index (κ1) is 8.52. The van der Waals surface area contributed by atoms with Crippen molar-refractivity contribution in [3.8, 4) is 0 Å². The average Bonchev–Trinajstić information content (AvgIpc) is 2.12. The van der Waals surface area contributed by atoms with Gasteiger partial charge in [0.05, 0.1) is 0 Å². The topological polar surface area (TPSA) is 29.3 Å². The summed E-state index contributed by atoms with van der Waals surface area (Å²) in [5, 5.41) is 0. The molecule has 2 heteroatoms. The maximum absolute atomic E-state index is 5.93. The molecule has 2 N–H and O–H groups in total. The second-order valence-corrected chi connectivity index (χ2v) is 4.31. The Morgan fingerprint density at radius 1 is 0.917 bits per heavy atom. The van der Waals surface area contributed by atoms with E-state index in [1.807, 2.05) is 0 Å². The van der Waals surface area contributed by atoms with Gasteiger partial charge in [-0.15, -0.1) is 0 Å². The summed E-state index contributed by atoms with van der Waals surface area (Å²) in [4.78, 5) is 2.66. The predicted octanol–water partition coefficient (Wildman–Crippen LogP) is 1.35. The average molecular weight is 168 g/mol. The highest BCUT2D eigenvalue weighted by atomic mass is 15.2. The van der Waals surface area contributed by atoms with Crippen LogP contribution in [0.2, 0.25) is 0 Å². The van der Waals surface area contributed by atoms with Crippen molar-refractivity contribution in [1.29, 1.82) is 0 Å². The minimum atomic E-state index is 0.482. The van der Waals surface area contributed by atoms with Crippen LogP contribution in [0.1, 0.15) is 38.5 Å². The molecular weight excluding hydrogens is 148 g/mol. The van der Waals surface area contributed by atoms with Crippen LogP contribution in [-0.4, -0.2) is 30.1 Å². The van der Waals surface area contributed by atoms with Gasteiger partial charge in [0.25, 0.3) is 0 Å². The molecule has 2 aliphatic rings. The van der Waals surface area contributed by atoms with E-state index in [0.717, 1.165) is 6.04 Å². The third-order valence-electron chi connectivity index (χ3n) is 3.40. The van der Waals surface area contributed by atoms with Crippen LogP contribution >= 0.6 is 0 Å². The van der Waals surface area contributed by atoms with E-state index < -0.39 is 0 Å². The van der Waals surface area contributed by atoms with Crippen molar-refractivity contribution in [2.75, 3.05) is 13.1 Å². The number of nitrogens with two attached hydrogens (primary N) is 1. The van der Waals surface area contributed by atoms with Crippen LogP contribution in [0.4, 0.5) is 0 Å². The Morgan fingerprint density at radius 3 is 2.42 bits per heavy atom. The van der Waals surface area contributed by atoms with Crippen LogP contribution in [0.5, 0.6) is 0 Å². The molecule has 1 aliphatic heterocycles. The minimum absolute atomic E-state index is 0.482. The summed E-state index contributed by atoms with van der Waals surface area (Å²) in [5.41, 5.74) is 5.93. The van der Waals surface area contributed by atoms with Gasteiger partial charge in [0.2, 0.25) is 0 Å². The number of hydrogen-bond acceptors (Lipinski definition) is 2. The second-order valence-electron chi connectivity index (χ2n) is 4.31. The summed E-state index contributed by atoms with van der Waals surface area (Å²) in [6.07, 6.45) is 8.11. The Balaban J connectivity index is 1.81. The molecule has 2 fully saturated rings. The maximum atomic E-state index is 5.93. The Kier molecular flexibility index (Phi) is 2.66. The molecule has 0 spiro atoms. The van der Waals surface area contributed by atoms with Crippen molar-refractivity contribution >= 4 is 0 Å². The van der Waals surface area contributed by atoms with Gasteiger partial charge in [-0.2, -0.15) is 0 Å². The maximum Gasteiger partial charge on any atom is 0.00952 e. The number of rotatable bonds is 1. The molecule has 2 nitrogen and oxygen atoms in total. The molecule has 0 radical (unpaired) electrons. The standard InChI is InChI=1S/C10H20N2/c11-9-3-2-7-12(8-6-9)10-4-1-5-10/h9-10H,1-8,11H2. The lowest BCUT2D eigenvalue weighted by atomic mass is 9.91. The molecule has 0 bridgehead atoms. The highest BCUT2D eigenvalue weighted by molar-refractivity contribution is 4.82. The lowest BCUT2D eigenvalue weighted by Gasteiger charge is -2.36. The zero-order chi connectivity index (χ0) is 8.39. The first-order chi connectivity index (χ1) is 5.86. The fourth-order valence-electron chi connectivity index (χ4n) is 2.26. The molecule has 1 saturated carbocycles. The predicted molar refractivity (Wildman–Crippen MR) is 51.0 cm³/mol. The summed E-state index contributed by atoms with van der Waals surface area (Å²) in [6.45, 7) is 2.56. The molecule has 1 atom stereocenters. The van der Waals surface area contributed by atoms with E-state index in [4.69, 9.17) is 5.73 Å². The van der Waals surface area contributed by atoms with Crippen molar-refractivity contribution in [2.24, 2.45) is 5.73 Å². The molecule has 1 aliphatic carbocycles. The van der Waals surface area contributed by atoms with E-state index in [-0.39, 0.29) is 0 Å². The fraction of sp³-hybridized carbons (Fsp3) is 1.00. The first-order valence-corrected chi connectivity index (χ1v) is 5.36. The van der Waals surface area contributed by atoms with Crippen molar-refractivity contribution in [1.82, 2.24) is 4.90 Å². The second kappa shape index (κ2) is 3.75. The van der Waals surface area contributed by atoms with E-state index in [9.17, 15) is 0 Å². The Labute approximate surface area is 75.1 Å². The van der Waals surface area contributed by atoms with Gasteiger partial charge in [-0.25, -0.2) is 0 Å². The van der Waals surface area contributed by atoms with Gasteiger partial charge in [0, 0.05) is 12.1 Å². The smallest absolute Gasteiger partial charge is 0.00952 e.